The van der Waals surface area contributed by atoms with Gasteiger partial charge in [-0.1, -0.05) is 11.6 Å². The first-order valence-corrected chi connectivity index (χ1v) is 3.51. The predicted octanol–water partition coefficient (Wildman–Crippen LogP) is 2.18. The Morgan fingerprint density at radius 3 is 3.00 bits per heavy atom. The molecule has 2 aromatic rings. The highest BCUT2D eigenvalue weighted by Gasteiger charge is 2.06. The average Bonchev–Trinajstić information content (AvgIpc) is 2.34. The van der Waals surface area contributed by atoms with E-state index in [4.69, 9.17) is 16.0 Å². The smallest absolute Gasteiger partial charge is 0.230 e. The molecule has 0 fully saturated rings. The van der Waals surface area contributed by atoms with Crippen LogP contribution in [-0.4, -0.2) is 9.97 Å². The molecule has 0 aliphatic rings. The summed E-state index contributed by atoms with van der Waals surface area (Å²) in [5.74, 6) is 0. The molecule has 0 saturated carbocycles. The molecule has 0 spiro atoms. The van der Waals surface area contributed by atoms with Crippen molar-refractivity contribution in [2.24, 2.45) is 0 Å². The average molecular weight is 169 g/mol. The van der Waals surface area contributed by atoms with Gasteiger partial charge in [0.05, 0.1) is 11.6 Å². The standard InChI is InChI=1S/C7H5ClN2O/c1-4-2-11-7-5(4)6(8)9-3-10-7/h2-3H,1H3. The molecule has 0 amide bonds. The van der Waals surface area contributed by atoms with Gasteiger partial charge in [0.15, 0.2) is 0 Å². The van der Waals surface area contributed by atoms with E-state index in [-0.39, 0.29) is 0 Å². The third-order valence-electron chi connectivity index (χ3n) is 1.51. The van der Waals surface area contributed by atoms with Crippen molar-refractivity contribution in [1.29, 1.82) is 0 Å². The molecule has 0 saturated heterocycles. The van der Waals surface area contributed by atoms with Gasteiger partial charge in [-0.15, -0.1) is 0 Å². The van der Waals surface area contributed by atoms with E-state index in [0.29, 0.717) is 10.9 Å². The summed E-state index contributed by atoms with van der Waals surface area (Å²) in [4.78, 5) is 7.74. The Kier molecular flexibility index (Phi) is 1.32. The van der Waals surface area contributed by atoms with Gasteiger partial charge in [0.25, 0.3) is 0 Å². The van der Waals surface area contributed by atoms with Crippen LogP contribution in [0.1, 0.15) is 5.56 Å². The van der Waals surface area contributed by atoms with Crippen LogP contribution in [0, 0.1) is 6.92 Å². The van der Waals surface area contributed by atoms with Gasteiger partial charge in [0, 0.05) is 0 Å². The Labute approximate surface area is 68.0 Å². The molecule has 11 heavy (non-hydrogen) atoms. The van der Waals surface area contributed by atoms with Crippen molar-refractivity contribution in [1.82, 2.24) is 9.97 Å². The minimum Gasteiger partial charge on any atom is -0.446 e. The largest absolute Gasteiger partial charge is 0.446 e. The highest BCUT2D eigenvalue weighted by Crippen LogP contribution is 2.23. The first kappa shape index (κ1) is 6.61. The number of hydrogen-bond acceptors (Lipinski definition) is 3. The maximum Gasteiger partial charge on any atom is 0.230 e. The lowest BCUT2D eigenvalue weighted by Gasteiger charge is -1.89. The van der Waals surface area contributed by atoms with Crippen molar-refractivity contribution < 1.29 is 4.42 Å². The lowest BCUT2D eigenvalue weighted by atomic mass is 10.3. The summed E-state index contributed by atoms with van der Waals surface area (Å²) in [5.41, 5.74) is 1.51. The number of fused-ring (bicyclic) bond motifs is 1. The van der Waals surface area contributed by atoms with Crippen LogP contribution >= 0.6 is 11.6 Å². The summed E-state index contributed by atoms with van der Waals surface area (Å²) < 4.78 is 5.09. The molecule has 0 bridgehead atoms. The van der Waals surface area contributed by atoms with Gasteiger partial charge in [0.1, 0.15) is 11.5 Å². The number of halogens is 1. The second-order valence-corrected chi connectivity index (χ2v) is 2.62. The molecule has 3 nitrogen and oxygen atoms in total. The molecular formula is C7H5ClN2O. The highest BCUT2D eigenvalue weighted by molar-refractivity contribution is 6.34. The fraction of sp³-hybridized carbons (Fsp3) is 0.143. The predicted molar refractivity (Wildman–Crippen MR) is 41.6 cm³/mol. The first-order valence-electron chi connectivity index (χ1n) is 3.13. The van der Waals surface area contributed by atoms with E-state index in [1.54, 1.807) is 6.26 Å². The Morgan fingerprint density at radius 2 is 2.27 bits per heavy atom. The van der Waals surface area contributed by atoms with Crippen molar-refractivity contribution in [2.75, 3.05) is 0 Å². The van der Waals surface area contributed by atoms with Gasteiger partial charge < -0.3 is 4.42 Å². The van der Waals surface area contributed by atoms with Gasteiger partial charge in [-0.2, -0.15) is 0 Å². The highest BCUT2D eigenvalue weighted by atomic mass is 35.5. The van der Waals surface area contributed by atoms with Crippen molar-refractivity contribution in [3.63, 3.8) is 0 Å². The van der Waals surface area contributed by atoms with E-state index in [1.165, 1.54) is 6.33 Å². The van der Waals surface area contributed by atoms with E-state index in [9.17, 15) is 0 Å². The summed E-state index contributed by atoms with van der Waals surface area (Å²) >= 11 is 5.79. The van der Waals surface area contributed by atoms with Crippen LogP contribution in [0.4, 0.5) is 0 Å². The number of hydrogen-bond donors (Lipinski definition) is 0. The molecular weight excluding hydrogens is 164 g/mol. The fourth-order valence-corrected chi connectivity index (χ4v) is 1.25. The Morgan fingerprint density at radius 1 is 1.45 bits per heavy atom. The molecule has 0 aliphatic carbocycles. The van der Waals surface area contributed by atoms with Crippen LogP contribution in [0.5, 0.6) is 0 Å². The molecule has 0 radical (unpaired) electrons. The Balaban J connectivity index is 2.96. The normalized spacial score (nSPS) is 10.7. The summed E-state index contributed by atoms with van der Waals surface area (Å²) in [6.07, 6.45) is 3.00. The second kappa shape index (κ2) is 2.20. The fourth-order valence-electron chi connectivity index (χ4n) is 0.973. The zero-order chi connectivity index (χ0) is 7.84. The van der Waals surface area contributed by atoms with Crippen LogP contribution in [0.2, 0.25) is 5.15 Å². The van der Waals surface area contributed by atoms with Crippen LogP contribution < -0.4 is 0 Å². The molecule has 56 valence electrons. The van der Waals surface area contributed by atoms with Gasteiger partial charge >= 0.3 is 0 Å². The molecule has 0 aliphatic heterocycles. The summed E-state index contributed by atoms with van der Waals surface area (Å²) in [7, 11) is 0. The Bertz CT molecular complexity index is 396. The van der Waals surface area contributed by atoms with E-state index in [2.05, 4.69) is 9.97 Å². The molecule has 2 aromatic heterocycles. The molecule has 0 atom stereocenters. The van der Waals surface area contributed by atoms with E-state index in [0.717, 1.165) is 10.9 Å². The number of furan rings is 1. The van der Waals surface area contributed by atoms with Crippen molar-refractivity contribution in [3.8, 4) is 0 Å². The van der Waals surface area contributed by atoms with Crippen molar-refractivity contribution >= 4 is 22.7 Å². The van der Waals surface area contributed by atoms with E-state index in [1.807, 2.05) is 6.92 Å². The second-order valence-electron chi connectivity index (χ2n) is 2.26. The number of nitrogens with zero attached hydrogens (tertiary/aromatic N) is 2. The van der Waals surface area contributed by atoms with Gasteiger partial charge in [-0.25, -0.2) is 9.97 Å². The number of rotatable bonds is 0. The SMILES string of the molecule is Cc1coc2ncnc(Cl)c12. The lowest BCUT2D eigenvalue weighted by molar-refractivity contribution is 0.600. The quantitative estimate of drug-likeness (QED) is 0.566. The zero-order valence-electron chi connectivity index (χ0n) is 5.84. The van der Waals surface area contributed by atoms with Crippen molar-refractivity contribution in [2.45, 2.75) is 6.92 Å². The van der Waals surface area contributed by atoms with Crippen LogP contribution in [-0.2, 0) is 0 Å². The van der Waals surface area contributed by atoms with Gasteiger partial charge in [-0.05, 0) is 12.5 Å². The summed E-state index contributed by atoms with van der Waals surface area (Å²) in [5, 5.41) is 1.25. The van der Waals surface area contributed by atoms with Crippen molar-refractivity contribution in [3.05, 3.63) is 23.3 Å². The molecule has 0 unspecified atom stereocenters. The third kappa shape index (κ3) is 0.886. The molecule has 4 heteroatoms. The maximum atomic E-state index is 5.79. The topological polar surface area (TPSA) is 38.9 Å². The van der Waals surface area contributed by atoms with Gasteiger partial charge in [0.2, 0.25) is 5.71 Å². The van der Waals surface area contributed by atoms with Crippen LogP contribution in [0.15, 0.2) is 17.0 Å². The van der Waals surface area contributed by atoms with Gasteiger partial charge in [-0.3, -0.25) is 0 Å². The first-order chi connectivity index (χ1) is 5.29. The molecule has 0 N–H and O–H groups in total. The maximum absolute atomic E-state index is 5.79. The van der Waals surface area contributed by atoms with E-state index >= 15 is 0 Å². The minimum absolute atomic E-state index is 0.446. The molecule has 2 rings (SSSR count). The van der Waals surface area contributed by atoms with Crippen LogP contribution in [0.3, 0.4) is 0 Å². The minimum atomic E-state index is 0.446. The monoisotopic (exact) mass is 168 g/mol. The molecule has 0 aromatic carbocycles. The lowest BCUT2D eigenvalue weighted by Crippen LogP contribution is -1.79. The number of aromatic nitrogens is 2. The summed E-state index contributed by atoms with van der Waals surface area (Å²) in [6, 6.07) is 0. The summed E-state index contributed by atoms with van der Waals surface area (Å²) in [6.45, 7) is 1.90. The Hall–Kier alpha value is -1.09. The zero-order valence-corrected chi connectivity index (χ0v) is 6.59. The van der Waals surface area contributed by atoms with E-state index < -0.39 is 0 Å². The van der Waals surface area contributed by atoms with Crippen LogP contribution in [0.25, 0.3) is 11.1 Å². The molecule has 2 heterocycles. The third-order valence-corrected chi connectivity index (χ3v) is 1.79. The number of aryl methyl sites for hydroxylation is 1.